The summed E-state index contributed by atoms with van der Waals surface area (Å²) in [5.41, 5.74) is 2.35. The molecule has 1 rings (SSSR count). The smallest absolute Gasteiger partial charge is 0.314 e. The van der Waals surface area contributed by atoms with Crippen LogP contribution in [0.5, 0.6) is 0 Å². The van der Waals surface area contributed by atoms with Crippen LogP contribution in [0.4, 0.5) is 10.5 Å². The molecule has 0 fully saturated rings. The van der Waals surface area contributed by atoms with Gasteiger partial charge in [0.1, 0.15) is 0 Å². The van der Waals surface area contributed by atoms with Crippen LogP contribution in [0.15, 0.2) is 24.3 Å². The standard InChI is InChI=1S/C17H29N3O2/c1-13(2)11-16(21)12-19-17(22)18-10-9-14-5-7-15(8-6-14)20(3)4/h5-8,13,16,21H,9-12H2,1-4H3,(H2,18,19,22). The molecule has 3 N–H and O–H groups in total. The van der Waals surface area contributed by atoms with Crippen molar-refractivity contribution < 1.29 is 9.90 Å². The molecule has 0 aliphatic heterocycles. The summed E-state index contributed by atoms with van der Waals surface area (Å²) in [5, 5.41) is 15.2. The van der Waals surface area contributed by atoms with Gasteiger partial charge in [0, 0.05) is 32.9 Å². The van der Waals surface area contributed by atoms with Gasteiger partial charge in [-0.15, -0.1) is 0 Å². The Morgan fingerprint density at radius 3 is 2.36 bits per heavy atom. The van der Waals surface area contributed by atoms with E-state index in [0.717, 1.165) is 12.1 Å². The summed E-state index contributed by atoms with van der Waals surface area (Å²) in [5.74, 6) is 0.421. The lowest BCUT2D eigenvalue weighted by Gasteiger charge is -2.14. The summed E-state index contributed by atoms with van der Waals surface area (Å²) < 4.78 is 0. The maximum absolute atomic E-state index is 11.6. The minimum atomic E-state index is -0.482. The molecular weight excluding hydrogens is 278 g/mol. The monoisotopic (exact) mass is 307 g/mol. The molecular formula is C17H29N3O2. The van der Waals surface area contributed by atoms with Crippen molar-refractivity contribution in [2.75, 3.05) is 32.1 Å². The fourth-order valence-electron chi connectivity index (χ4n) is 2.18. The van der Waals surface area contributed by atoms with Gasteiger partial charge >= 0.3 is 6.03 Å². The van der Waals surface area contributed by atoms with E-state index in [1.165, 1.54) is 5.56 Å². The van der Waals surface area contributed by atoms with Gasteiger partial charge in [0.15, 0.2) is 0 Å². The van der Waals surface area contributed by atoms with Gasteiger partial charge in [-0.05, 0) is 36.5 Å². The Balaban J connectivity index is 2.22. The first kappa shape index (κ1) is 18.3. The molecule has 1 atom stereocenters. The largest absolute Gasteiger partial charge is 0.391 e. The van der Waals surface area contributed by atoms with E-state index >= 15 is 0 Å². The highest BCUT2D eigenvalue weighted by Gasteiger charge is 2.08. The zero-order chi connectivity index (χ0) is 16.5. The second kappa shape index (κ2) is 9.30. The number of hydrogen-bond donors (Lipinski definition) is 3. The van der Waals surface area contributed by atoms with Crippen molar-refractivity contribution in [1.29, 1.82) is 0 Å². The first-order chi connectivity index (χ1) is 10.4. The second-order valence-electron chi connectivity index (χ2n) is 6.23. The van der Waals surface area contributed by atoms with Gasteiger partial charge < -0.3 is 20.6 Å². The quantitative estimate of drug-likeness (QED) is 0.688. The number of benzene rings is 1. The molecule has 1 unspecified atom stereocenters. The van der Waals surface area contributed by atoms with Crippen molar-refractivity contribution in [3.8, 4) is 0 Å². The Morgan fingerprint density at radius 1 is 1.18 bits per heavy atom. The summed E-state index contributed by atoms with van der Waals surface area (Å²) in [6.45, 7) is 4.96. The number of aliphatic hydroxyl groups excluding tert-OH is 1. The second-order valence-corrected chi connectivity index (χ2v) is 6.23. The minimum Gasteiger partial charge on any atom is -0.391 e. The molecule has 0 bridgehead atoms. The Bertz CT molecular complexity index is 444. The van der Waals surface area contributed by atoms with Crippen LogP contribution in [0.25, 0.3) is 0 Å². The molecule has 5 nitrogen and oxygen atoms in total. The van der Waals surface area contributed by atoms with E-state index in [1.807, 2.05) is 27.9 Å². The number of urea groups is 1. The van der Waals surface area contributed by atoms with Crippen LogP contribution in [0.3, 0.4) is 0 Å². The zero-order valence-corrected chi connectivity index (χ0v) is 14.1. The van der Waals surface area contributed by atoms with Crippen molar-refractivity contribution in [2.45, 2.75) is 32.8 Å². The van der Waals surface area contributed by atoms with E-state index in [0.29, 0.717) is 25.4 Å². The molecule has 0 spiro atoms. The van der Waals surface area contributed by atoms with Crippen molar-refractivity contribution in [3.63, 3.8) is 0 Å². The summed E-state index contributed by atoms with van der Waals surface area (Å²) in [6.07, 6.45) is 0.998. The Labute approximate surface area is 133 Å². The SMILES string of the molecule is CC(C)CC(O)CNC(=O)NCCc1ccc(N(C)C)cc1. The fourth-order valence-corrected chi connectivity index (χ4v) is 2.18. The van der Waals surface area contributed by atoms with E-state index < -0.39 is 6.10 Å². The molecule has 124 valence electrons. The van der Waals surface area contributed by atoms with Gasteiger partial charge in [-0.3, -0.25) is 0 Å². The molecule has 22 heavy (non-hydrogen) atoms. The zero-order valence-electron chi connectivity index (χ0n) is 14.1. The fraction of sp³-hybridized carbons (Fsp3) is 0.588. The van der Waals surface area contributed by atoms with Crippen molar-refractivity contribution in [1.82, 2.24) is 10.6 Å². The number of hydrogen-bond acceptors (Lipinski definition) is 3. The van der Waals surface area contributed by atoms with Crippen LogP contribution in [0, 0.1) is 5.92 Å². The van der Waals surface area contributed by atoms with E-state index in [2.05, 4.69) is 39.8 Å². The predicted molar refractivity (Wildman–Crippen MR) is 91.3 cm³/mol. The van der Waals surface area contributed by atoms with Crippen LogP contribution in [0.1, 0.15) is 25.8 Å². The highest BCUT2D eigenvalue weighted by molar-refractivity contribution is 5.73. The maximum Gasteiger partial charge on any atom is 0.314 e. The third-order valence-electron chi connectivity index (χ3n) is 3.39. The van der Waals surface area contributed by atoms with Gasteiger partial charge in [-0.1, -0.05) is 26.0 Å². The number of carbonyl (C=O) groups is 1. The predicted octanol–water partition coefficient (Wildman–Crippen LogP) is 2.00. The molecule has 0 heterocycles. The number of rotatable bonds is 8. The molecule has 0 aromatic heterocycles. The average Bonchev–Trinajstić information content (AvgIpc) is 2.45. The molecule has 0 saturated heterocycles. The van der Waals surface area contributed by atoms with Gasteiger partial charge in [-0.2, -0.15) is 0 Å². The highest BCUT2D eigenvalue weighted by Crippen LogP contribution is 2.12. The number of anilines is 1. The normalized spacial score (nSPS) is 12.1. The Morgan fingerprint density at radius 2 is 1.82 bits per heavy atom. The molecule has 5 heteroatoms. The molecule has 0 radical (unpaired) electrons. The molecule has 1 aromatic carbocycles. The number of nitrogens with one attached hydrogen (secondary N) is 2. The van der Waals surface area contributed by atoms with Gasteiger partial charge in [-0.25, -0.2) is 4.79 Å². The summed E-state index contributed by atoms with van der Waals surface area (Å²) in [6, 6.07) is 8.05. The molecule has 2 amide bonds. The third-order valence-corrected chi connectivity index (χ3v) is 3.39. The minimum absolute atomic E-state index is 0.229. The van der Waals surface area contributed by atoms with E-state index in [-0.39, 0.29) is 6.03 Å². The first-order valence-electron chi connectivity index (χ1n) is 7.84. The van der Waals surface area contributed by atoms with Crippen molar-refractivity contribution >= 4 is 11.7 Å². The average molecular weight is 307 g/mol. The summed E-state index contributed by atoms with van der Waals surface area (Å²) >= 11 is 0. The molecule has 0 saturated carbocycles. The lowest BCUT2D eigenvalue weighted by molar-refractivity contribution is 0.147. The maximum atomic E-state index is 11.6. The van der Waals surface area contributed by atoms with E-state index in [4.69, 9.17) is 0 Å². The summed E-state index contributed by atoms with van der Waals surface area (Å²) in [4.78, 5) is 13.7. The Kier molecular flexibility index (Phi) is 7.74. The number of carbonyl (C=O) groups excluding carboxylic acids is 1. The van der Waals surface area contributed by atoms with E-state index in [9.17, 15) is 9.90 Å². The lowest BCUT2D eigenvalue weighted by Crippen LogP contribution is -2.40. The van der Waals surface area contributed by atoms with Crippen LogP contribution in [-0.2, 0) is 6.42 Å². The van der Waals surface area contributed by atoms with Gasteiger partial charge in [0.25, 0.3) is 0 Å². The van der Waals surface area contributed by atoms with Crippen LogP contribution in [-0.4, -0.2) is 44.4 Å². The number of amides is 2. The third kappa shape index (κ3) is 7.31. The van der Waals surface area contributed by atoms with Crippen LogP contribution in [0.2, 0.25) is 0 Å². The highest BCUT2D eigenvalue weighted by atomic mass is 16.3. The van der Waals surface area contributed by atoms with Gasteiger partial charge in [0.05, 0.1) is 6.10 Å². The van der Waals surface area contributed by atoms with E-state index in [1.54, 1.807) is 0 Å². The number of aliphatic hydroxyl groups is 1. The molecule has 0 aliphatic carbocycles. The Hall–Kier alpha value is -1.75. The van der Waals surface area contributed by atoms with Crippen LogP contribution < -0.4 is 15.5 Å². The van der Waals surface area contributed by atoms with Crippen molar-refractivity contribution in [3.05, 3.63) is 29.8 Å². The number of nitrogens with zero attached hydrogens (tertiary/aromatic N) is 1. The van der Waals surface area contributed by atoms with Crippen molar-refractivity contribution in [2.24, 2.45) is 5.92 Å². The molecule has 0 aliphatic rings. The van der Waals surface area contributed by atoms with Gasteiger partial charge in [0.2, 0.25) is 0 Å². The first-order valence-corrected chi connectivity index (χ1v) is 7.84. The topological polar surface area (TPSA) is 64.6 Å². The van der Waals surface area contributed by atoms with Crippen LogP contribution >= 0.6 is 0 Å². The molecule has 1 aromatic rings. The summed E-state index contributed by atoms with van der Waals surface area (Å²) in [7, 11) is 4.02. The lowest BCUT2D eigenvalue weighted by atomic mass is 10.1.